The van der Waals surface area contributed by atoms with Crippen molar-refractivity contribution in [2.45, 2.75) is 27.3 Å². The molecule has 138 valence electrons. The first-order chi connectivity index (χ1) is 11.1. The Morgan fingerprint density at radius 3 is 2.38 bits per heavy atom. The number of rotatable bonds is 6. The normalized spacial score (nSPS) is 16.8. The van der Waals surface area contributed by atoms with Crippen LogP contribution in [-0.4, -0.2) is 73.6 Å². The van der Waals surface area contributed by atoms with Gasteiger partial charge in [-0.2, -0.15) is 0 Å². The molecule has 1 fully saturated rings. The second-order valence-electron chi connectivity index (χ2n) is 5.87. The van der Waals surface area contributed by atoms with Gasteiger partial charge in [-0.15, -0.1) is 35.3 Å². The van der Waals surface area contributed by atoms with Crippen molar-refractivity contribution >= 4 is 41.3 Å². The van der Waals surface area contributed by atoms with E-state index in [4.69, 9.17) is 0 Å². The van der Waals surface area contributed by atoms with Gasteiger partial charge < -0.3 is 15.5 Å². The van der Waals surface area contributed by atoms with Gasteiger partial charge in [-0.1, -0.05) is 6.92 Å². The van der Waals surface area contributed by atoms with Gasteiger partial charge in [0.1, 0.15) is 0 Å². The summed E-state index contributed by atoms with van der Waals surface area (Å²) in [5.41, 5.74) is 1.12. The van der Waals surface area contributed by atoms with E-state index in [1.807, 2.05) is 14.0 Å². The second-order valence-corrected chi connectivity index (χ2v) is 7.16. The zero-order chi connectivity index (χ0) is 16.7. The summed E-state index contributed by atoms with van der Waals surface area (Å²) < 4.78 is 0. The summed E-state index contributed by atoms with van der Waals surface area (Å²) in [6.07, 6.45) is 0. The average Bonchev–Trinajstić information content (AvgIpc) is 2.89. The standard InChI is InChI=1S/C16H30N6S.HI/c1-5-21-8-10-22(11-9-21)7-6-18-16(17-4)19-12-15-13(2)20-14(3)23-15;/h5-12H2,1-4H3,(H2,17,18,19);1H. The molecule has 24 heavy (non-hydrogen) atoms. The predicted octanol–water partition coefficient (Wildman–Crippen LogP) is 1.68. The molecule has 8 heteroatoms. The van der Waals surface area contributed by atoms with Crippen molar-refractivity contribution in [2.24, 2.45) is 4.99 Å². The number of thiazole rings is 1. The molecule has 0 bridgehead atoms. The van der Waals surface area contributed by atoms with Crippen LogP contribution in [0.15, 0.2) is 4.99 Å². The van der Waals surface area contributed by atoms with Crippen molar-refractivity contribution in [3.8, 4) is 0 Å². The molecule has 0 amide bonds. The van der Waals surface area contributed by atoms with Crippen LogP contribution >= 0.6 is 35.3 Å². The molecule has 0 unspecified atom stereocenters. The van der Waals surface area contributed by atoms with Crippen molar-refractivity contribution in [3.63, 3.8) is 0 Å². The Morgan fingerprint density at radius 2 is 1.83 bits per heavy atom. The summed E-state index contributed by atoms with van der Waals surface area (Å²) in [7, 11) is 1.82. The lowest BCUT2D eigenvalue weighted by Gasteiger charge is -2.34. The molecule has 2 heterocycles. The average molecular weight is 466 g/mol. The molecule has 2 N–H and O–H groups in total. The summed E-state index contributed by atoms with van der Waals surface area (Å²) in [6, 6.07) is 0. The number of nitrogens with zero attached hydrogens (tertiary/aromatic N) is 4. The first-order valence-electron chi connectivity index (χ1n) is 8.44. The highest BCUT2D eigenvalue weighted by Gasteiger charge is 2.14. The van der Waals surface area contributed by atoms with E-state index in [-0.39, 0.29) is 24.0 Å². The van der Waals surface area contributed by atoms with Crippen LogP contribution in [0, 0.1) is 13.8 Å². The Kier molecular flexibility index (Phi) is 10.1. The Balaban J connectivity index is 0.00000288. The van der Waals surface area contributed by atoms with Crippen molar-refractivity contribution in [2.75, 3.05) is 52.9 Å². The van der Waals surface area contributed by atoms with Crippen LogP contribution in [0.1, 0.15) is 22.5 Å². The highest BCUT2D eigenvalue weighted by atomic mass is 127. The molecule has 6 nitrogen and oxygen atoms in total. The lowest BCUT2D eigenvalue weighted by atomic mass is 10.3. The summed E-state index contributed by atoms with van der Waals surface area (Å²) in [4.78, 5) is 15.1. The molecular weight excluding hydrogens is 435 g/mol. The van der Waals surface area contributed by atoms with Crippen LogP contribution in [-0.2, 0) is 6.54 Å². The minimum absolute atomic E-state index is 0. The molecule has 1 aromatic heterocycles. The van der Waals surface area contributed by atoms with Gasteiger partial charge in [-0.3, -0.25) is 9.89 Å². The number of piperazine rings is 1. The summed E-state index contributed by atoms with van der Waals surface area (Å²) in [6.45, 7) is 15.0. The van der Waals surface area contributed by atoms with E-state index in [1.54, 1.807) is 11.3 Å². The number of halogens is 1. The van der Waals surface area contributed by atoms with Crippen LogP contribution in [0.3, 0.4) is 0 Å². The Bertz CT molecular complexity index is 511. The topological polar surface area (TPSA) is 55.8 Å². The minimum atomic E-state index is 0. The molecule has 1 saturated heterocycles. The monoisotopic (exact) mass is 466 g/mol. The van der Waals surface area contributed by atoms with Gasteiger partial charge in [-0.05, 0) is 20.4 Å². The van der Waals surface area contributed by atoms with Gasteiger partial charge in [0.05, 0.1) is 17.2 Å². The molecule has 0 radical (unpaired) electrons. The molecule has 0 aliphatic carbocycles. The molecule has 0 saturated carbocycles. The summed E-state index contributed by atoms with van der Waals surface area (Å²) >= 11 is 1.75. The van der Waals surface area contributed by atoms with Gasteiger partial charge in [0.15, 0.2) is 5.96 Å². The van der Waals surface area contributed by atoms with Crippen LogP contribution in [0.2, 0.25) is 0 Å². The van der Waals surface area contributed by atoms with Gasteiger partial charge in [-0.25, -0.2) is 4.98 Å². The quantitative estimate of drug-likeness (QED) is 0.380. The maximum atomic E-state index is 4.46. The second kappa shape index (κ2) is 11.2. The molecule has 1 aliphatic rings. The number of aromatic nitrogens is 1. The molecule has 0 atom stereocenters. The van der Waals surface area contributed by atoms with Crippen molar-refractivity contribution in [1.29, 1.82) is 0 Å². The SMILES string of the molecule is CCN1CCN(CCNC(=NC)NCc2sc(C)nc2C)CC1.I. The predicted molar refractivity (Wildman–Crippen MR) is 114 cm³/mol. The van der Waals surface area contributed by atoms with Crippen LogP contribution in [0.5, 0.6) is 0 Å². The van der Waals surface area contributed by atoms with Gasteiger partial charge in [0, 0.05) is 51.2 Å². The van der Waals surface area contributed by atoms with Crippen LogP contribution < -0.4 is 10.6 Å². The number of aliphatic imine (C=N–C) groups is 1. The number of hydrogen-bond acceptors (Lipinski definition) is 5. The number of guanidine groups is 1. The molecule has 2 rings (SSSR count). The third-order valence-electron chi connectivity index (χ3n) is 4.27. The molecule has 1 aromatic rings. The third kappa shape index (κ3) is 6.81. The van der Waals surface area contributed by atoms with E-state index < -0.39 is 0 Å². The lowest BCUT2D eigenvalue weighted by molar-refractivity contribution is 0.139. The Labute approximate surface area is 167 Å². The van der Waals surface area contributed by atoms with E-state index in [9.17, 15) is 0 Å². The van der Waals surface area contributed by atoms with E-state index in [0.717, 1.165) is 36.3 Å². The van der Waals surface area contributed by atoms with Crippen LogP contribution in [0.4, 0.5) is 0 Å². The Morgan fingerprint density at radius 1 is 1.17 bits per heavy atom. The fourth-order valence-corrected chi connectivity index (χ4v) is 3.66. The van der Waals surface area contributed by atoms with E-state index in [2.05, 4.69) is 44.3 Å². The van der Waals surface area contributed by atoms with Crippen LogP contribution in [0.25, 0.3) is 0 Å². The Hall–Kier alpha value is -0.450. The first-order valence-corrected chi connectivity index (χ1v) is 9.26. The molecule has 1 aliphatic heterocycles. The molecule has 0 aromatic carbocycles. The van der Waals surface area contributed by atoms with Gasteiger partial charge in [0.25, 0.3) is 0 Å². The highest BCUT2D eigenvalue weighted by molar-refractivity contribution is 14.0. The lowest BCUT2D eigenvalue weighted by Crippen LogP contribution is -2.49. The molecular formula is C16H31IN6S. The van der Waals surface area contributed by atoms with E-state index >= 15 is 0 Å². The maximum absolute atomic E-state index is 4.46. The zero-order valence-corrected chi connectivity index (χ0v) is 18.4. The van der Waals surface area contributed by atoms with Crippen molar-refractivity contribution in [3.05, 3.63) is 15.6 Å². The minimum Gasteiger partial charge on any atom is -0.355 e. The maximum Gasteiger partial charge on any atom is 0.191 e. The highest BCUT2D eigenvalue weighted by Crippen LogP contribution is 2.16. The van der Waals surface area contributed by atoms with Gasteiger partial charge in [0.2, 0.25) is 0 Å². The number of hydrogen-bond donors (Lipinski definition) is 2. The van der Waals surface area contributed by atoms with Gasteiger partial charge >= 0.3 is 0 Å². The number of likely N-dealkylation sites (N-methyl/N-ethyl adjacent to an activating group) is 1. The number of nitrogens with one attached hydrogen (secondary N) is 2. The molecule has 0 spiro atoms. The van der Waals surface area contributed by atoms with Crippen molar-refractivity contribution in [1.82, 2.24) is 25.4 Å². The largest absolute Gasteiger partial charge is 0.355 e. The van der Waals surface area contributed by atoms with E-state index in [1.165, 1.54) is 37.6 Å². The van der Waals surface area contributed by atoms with Crippen molar-refractivity contribution < 1.29 is 0 Å². The number of aryl methyl sites for hydroxylation is 2. The smallest absolute Gasteiger partial charge is 0.191 e. The fourth-order valence-electron chi connectivity index (χ4n) is 2.78. The third-order valence-corrected chi connectivity index (χ3v) is 5.35. The fraction of sp³-hybridized carbons (Fsp3) is 0.750. The zero-order valence-electron chi connectivity index (χ0n) is 15.3. The first kappa shape index (κ1) is 21.6. The van der Waals surface area contributed by atoms with E-state index in [0.29, 0.717) is 0 Å². The summed E-state index contributed by atoms with van der Waals surface area (Å²) in [5, 5.41) is 7.90. The summed E-state index contributed by atoms with van der Waals surface area (Å²) in [5.74, 6) is 0.864.